The highest BCUT2D eigenvalue weighted by atomic mass is 16.3. The normalized spacial score (nSPS) is 11.2. The van der Waals surface area contributed by atoms with E-state index in [4.69, 9.17) is 21.6 Å². The van der Waals surface area contributed by atoms with Crippen molar-refractivity contribution in [3.63, 3.8) is 0 Å². The van der Waals surface area contributed by atoms with Crippen molar-refractivity contribution in [2.45, 2.75) is 6.54 Å². The van der Waals surface area contributed by atoms with Crippen LogP contribution >= 0.6 is 0 Å². The number of rotatable bonds is 3. The van der Waals surface area contributed by atoms with Crippen LogP contribution in [0.25, 0.3) is 22.6 Å². The molecule has 3 heterocycles. The number of nitrogens with zero attached hydrogens (tertiary/aromatic N) is 5. The van der Waals surface area contributed by atoms with Gasteiger partial charge in [0.05, 0.1) is 12.8 Å². The molecule has 1 aromatic carbocycles. The highest BCUT2D eigenvalue weighted by Gasteiger charge is 2.17. The van der Waals surface area contributed by atoms with Crippen molar-refractivity contribution in [3.05, 3.63) is 42.2 Å². The van der Waals surface area contributed by atoms with E-state index in [1.807, 2.05) is 12.1 Å². The molecule has 0 unspecified atom stereocenters. The van der Waals surface area contributed by atoms with Gasteiger partial charge in [0.25, 0.3) is 0 Å². The Hall–Kier alpha value is -3.62. The van der Waals surface area contributed by atoms with Gasteiger partial charge in [-0.15, -0.1) is 5.10 Å². The number of benzene rings is 1. The highest BCUT2D eigenvalue weighted by Crippen LogP contribution is 2.26. The summed E-state index contributed by atoms with van der Waals surface area (Å²) in [4.78, 5) is 8.46. The lowest BCUT2D eigenvalue weighted by Crippen LogP contribution is -2.06. The number of anilines is 3. The summed E-state index contributed by atoms with van der Waals surface area (Å²) in [5, 5.41) is 8.31. The van der Waals surface area contributed by atoms with Gasteiger partial charge in [-0.25, -0.2) is 9.67 Å². The minimum Gasteiger partial charge on any atom is -0.463 e. The molecule has 0 amide bonds. The molecule has 0 fully saturated rings. The van der Waals surface area contributed by atoms with E-state index < -0.39 is 0 Å². The van der Waals surface area contributed by atoms with E-state index in [1.54, 1.807) is 29.1 Å². The summed E-state index contributed by atoms with van der Waals surface area (Å²) in [6.07, 6.45) is 1.55. The molecule has 0 aliphatic heterocycles. The Morgan fingerprint density at radius 3 is 2.54 bits per heavy atom. The predicted octanol–water partition coefficient (Wildman–Crippen LogP) is 1.28. The Morgan fingerprint density at radius 1 is 1.04 bits per heavy atom. The second-order valence-electron chi connectivity index (χ2n) is 5.33. The molecule has 9 nitrogen and oxygen atoms in total. The summed E-state index contributed by atoms with van der Waals surface area (Å²) in [5.41, 5.74) is 21.1. The molecule has 0 bridgehead atoms. The van der Waals surface area contributed by atoms with E-state index in [1.165, 1.54) is 0 Å². The first-order valence-corrected chi connectivity index (χ1v) is 7.15. The molecule has 24 heavy (non-hydrogen) atoms. The molecule has 0 aliphatic carbocycles. The average Bonchev–Trinajstić information content (AvgIpc) is 3.16. The molecule has 4 rings (SSSR count). The van der Waals surface area contributed by atoms with Crippen molar-refractivity contribution in [3.8, 4) is 11.5 Å². The second kappa shape index (κ2) is 5.23. The minimum atomic E-state index is 0.115. The van der Waals surface area contributed by atoms with Gasteiger partial charge in [-0.2, -0.15) is 4.98 Å². The van der Waals surface area contributed by atoms with E-state index in [-0.39, 0.29) is 5.95 Å². The van der Waals surface area contributed by atoms with Gasteiger partial charge in [0.15, 0.2) is 16.9 Å². The van der Waals surface area contributed by atoms with Crippen molar-refractivity contribution in [1.82, 2.24) is 25.0 Å². The summed E-state index contributed by atoms with van der Waals surface area (Å²) in [6.45, 7) is 0.403. The van der Waals surface area contributed by atoms with Crippen molar-refractivity contribution in [2.24, 2.45) is 0 Å². The maximum Gasteiger partial charge on any atom is 0.222 e. The fourth-order valence-electron chi connectivity index (χ4n) is 2.57. The van der Waals surface area contributed by atoms with E-state index in [0.717, 1.165) is 5.56 Å². The summed E-state index contributed by atoms with van der Waals surface area (Å²) < 4.78 is 7.00. The second-order valence-corrected chi connectivity index (χ2v) is 5.33. The Balaban J connectivity index is 1.83. The number of hydrogen-bond acceptors (Lipinski definition) is 8. The van der Waals surface area contributed by atoms with E-state index in [9.17, 15) is 0 Å². The zero-order valence-corrected chi connectivity index (χ0v) is 12.5. The monoisotopic (exact) mass is 322 g/mol. The number of hydrogen-bond donors (Lipinski definition) is 3. The zero-order valence-electron chi connectivity index (χ0n) is 12.5. The maximum absolute atomic E-state index is 5.83. The molecule has 0 spiro atoms. The third-order valence-corrected chi connectivity index (χ3v) is 3.50. The van der Waals surface area contributed by atoms with Crippen LogP contribution in [0.15, 0.2) is 41.0 Å². The van der Waals surface area contributed by atoms with Crippen LogP contribution in [0, 0.1) is 0 Å². The van der Waals surface area contributed by atoms with Gasteiger partial charge < -0.3 is 21.6 Å². The van der Waals surface area contributed by atoms with Crippen LogP contribution < -0.4 is 17.2 Å². The van der Waals surface area contributed by atoms with Gasteiger partial charge in [-0.05, 0) is 35.9 Å². The Bertz CT molecular complexity index is 1000. The molecule has 0 saturated heterocycles. The molecule has 0 atom stereocenters. The van der Waals surface area contributed by atoms with Gasteiger partial charge >= 0.3 is 0 Å². The molecule has 120 valence electrons. The molecular formula is C15H14N8O. The van der Waals surface area contributed by atoms with E-state index in [2.05, 4.69) is 20.3 Å². The van der Waals surface area contributed by atoms with Gasteiger partial charge in [0, 0.05) is 11.4 Å². The molecule has 4 aromatic rings. The van der Waals surface area contributed by atoms with E-state index in [0.29, 0.717) is 40.5 Å². The molecule has 0 aliphatic rings. The maximum atomic E-state index is 5.83. The van der Waals surface area contributed by atoms with Crippen LogP contribution in [-0.2, 0) is 6.54 Å². The third-order valence-electron chi connectivity index (χ3n) is 3.50. The molecule has 9 heteroatoms. The fourth-order valence-corrected chi connectivity index (χ4v) is 2.57. The van der Waals surface area contributed by atoms with Crippen LogP contribution in [0.5, 0.6) is 0 Å². The lowest BCUT2D eigenvalue weighted by atomic mass is 10.2. The number of furan rings is 1. The largest absolute Gasteiger partial charge is 0.463 e. The summed E-state index contributed by atoms with van der Waals surface area (Å²) >= 11 is 0. The lowest BCUT2D eigenvalue weighted by molar-refractivity contribution is 0.580. The van der Waals surface area contributed by atoms with Crippen LogP contribution in [0.3, 0.4) is 0 Å². The number of fused-ring (bicyclic) bond motifs is 1. The zero-order chi connectivity index (χ0) is 16.7. The van der Waals surface area contributed by atoms with Crippen molar-refractivity contribution in [2.75, 3.05) is 17.2 Å². The first-order valence-electron chi connectivity index (χ1n) is 7.15. The Morgan fingerprint density at radius 2 is 1.83 bits per heavy atom. The average molecular weight is 322 g/mol. The predicted molar refractivity (Wildman–Crippen MR) is 89.6 cm³/mol. The molecule has 0 saturated carbocycles. The highest BCUT2D eigenvalue weighted by molar-refractivity contribution is 5.85. The summed E-state index contributed by atoms with van der Waals surface area (Å²) in [6, 6.07) is 8.88. The molecule has 0 radical (unpaired) electrons. The summed E-state index contributed by atoms with van der Waals surface area (Å²) in [7, 11) is 0. The number of nitrogens with two attached hydrogens (primary N) is 3. The molecule has 3 aromatic heterocycles. The van der Waals surface area contributed by atoms with Crippen LogP contribution in [0.2, 0.25) is 0 Å². The Labute approximate surface area is 136 Å². The lowest BCUT2D eigenvalue weighted by Gasteiger charge is -2.06. The van der Waals surface area contributed by atoms with Crippen LogP contribution in [0.4, 0.5) is 17.3 Å². The smallest absolute Gasteiger partial charge is 0.222 e. The van der Waals surface area contributed by atoms with Gasteiger partial charge in [-0.1, -0.05) is 5.21 Å². The first kappa shape index (κ1) is 14.0. The quantitative estimate of drug-likeness (QED) is 0.478. The van der Waals surface area contributed by atoms with Gasteiger partial charge in [0.2, 0.25) is 5.95 Å². The number of nitrogen functional groups attached to an aromatic ring is 3. The first-order chi connectivity index (χ1) is 11.6. The van der Waals surface area contributed by atoms with Gasteiger partial charge in [-0.3, -0.25) is 0 Å². The summed E-state index contributed by atoms with van der Waals surface area (Å²) in [5.74, 6) is 0.666. The Kier molecular flexibility index (Phi) is 3.05. The van der Waals surface area contributed by atoms with Gasteiger partial charge in [0.1, 0.15) is 5.69 Å². The SMILES string of the molecule is Nc1cc(N)cc(Cn2nnc3c(-c4ccco4)nc(N)nc32)c1. The standard InChI is InChI=1S/C15H14N8O/c16-9-4-8(5-10(17)6-9)7-23-14-13(21-22-23)12(19-15(18)20-14)11-2-1-3-24-11/h1-6H,7,16-17H2,(H2,18,19,20). The minimum absolute atomic E-state index is 0.115. The van der Waals surface area contributed by atoms with Crippen molar-refractivity contribution < 1.29 is 4.42 Å². The van der Waals surface area contributed by atoms with Crippen molar-refractivity contribution in [1.29, 1.82) is 0 Å². The van der Waals surface area contributed by atoms with Crippen LogP contribution in [-0.4, -0.2) is 25.0 Å². The van der Waals surface area contributed by atoms with Crippen molar-refractivity contribution >= 4 is 28.5 Å². The third kappa shape index (κ3) is 2.37. The topological polar surface area (TPSA) is 148 Å². The molecule has 6 N–H and O–H groups in total. The number of aromatic nitrogens is 5. The van der Waals surface area contributed by atoms with Crippen LogP contribution in [0.1, 0.15) is 5.56 Å². The fraction of sp³-hybridized carbons (Fsp3) is 0.0667. The molecular weight excluding hydrogens is 308 g/mol. The van der Waals surface area contributed by atoms with E-state index >= 15 is 0 Å².